The Morgan fingerprint density at radius 3 is 2.46 bits per heavy atom. The number of nitrogens with one attached hydrogen (secondary N) is 1. The van der Waals surface area contributed by atoms with Gasteiger partial charge in [0, 0.05) is 7.11 Å². The summed E-state index contributed by atoms with van der Waals surface area (Å²) >= 11 is 0. The SMILES string of the molecule is COCCOCCOCC(=O)NN. The van der Waals surface area contributed by atoms with Gasteiger partial charge in [0.05, 0.1) is 26.4 Å². The number of amides is 1. The van der Waals surface area contributed by atoms with Gasteiger partial charge in [-0.1, -0.05) is 0 Å². The Kier molecular flexibility index (Phi) is 8.90. The zero-order valence-corrected chi connectivity index (χ0v) is 7.75. The van der Waals surface area contributed by atoms with Crippen LogP contribution in [0.25, 0.3) is 0 Å². The molecule has 0 bridgehead atoms. The first kappa shape index (κ1) is 12.3. The van der Waals surface area contributed by atoms with Crippen LogP contribution in [-0.4, -0.2) is 46.1 Å². The predicted molar refractivity (Wildman–Crippen MR) is 45.8 cm³/mol. The molecular formula is C7H16N2O4. The van der Waals surface area contributed by atoms with Crippen LogP contribution in [0, 0.1) is 0 Å². The minimum Gasteiger partial charge on any atom is -0.382 e. The van der Waals surface area contributed by atoms with Crippen molar-refractivity contribution in [3.05, 3.63) is 0 Å². The van der Waals surface area contributed by atoms with Crippen molar-refractivity contribution in [1.29, 1.82) is 0 Å². The van der Waals surface area contributed by atoms with Crippen molar-refractivity contribution in [3.8, 4) is 0 Å². The molecule has 0 radical (unpaired) electrons. The lowest BCUT2D eigenvalue weighted by Crippen LogP contribution is -2.33. The van der Waals surface area contributed by atoms with Crippen LogP contribution >= 0.6 is 0 Å². The number of nitrogens with two attached hydrogens (primary N) is 1. The van der Waals surface area contributed by atoms with E-state index < -0.39 is 0 Å². The molecule has 0 fully saturated rings. The summed E-state index contributed by atoms with van der Waals surface area (Å²) in [5.41, 5.74) is 1.95. The molecule has 0 saturated heterocycles. The third kappa shape index (κ3) is 9.22. The highest BCUT2D eigenvalue weighted by Gasteiger charge is 1.96. The van der Waals surface area contributed by atoms with Crippen LogP contribution in [0.3, 0.4) is 0 Å². The second-order valence-electron chi connectivity index (χ2n) is 2.23. The average Bonchev–Trinajstić information content (AvgIpc) is 2.16. The van der Waals surface area contributed by atoms with Crippen molar-refractivity contribution < 1.29 is 19.0 Å². The van der Waals surface area contributed by atoms with Gasteiger partial charge in [-0.05, 0) is 0 Å². The zero-order valence-electron chi connectivity index (χ0n) is 7.75. The summed E-state index contributed by atoms with van der Waals surface area (Å²) in [6.45, 7) is 1.87. The first-order chi connectivity index (χ1) is 6.31. The lowest BCUT2D eigenvalue weighted by atomic mass is 10.6. The maximum Gasteiger partial charge on any atom is 0.259 e. The summed E-state index contributed by atoms with van der Waals surface area (Å²) in [5.74, 6) is 4.48. The molecule has 0 aromatic heterocycles. The van der Waals surface area contributed by atoms with Crippen LogP contribution in [0.15, 0.2) is 0 Å². The highest BCUT2D eigenvalue weighted by Crippen LogP contribution is 1.79. The van der Waals surface area contributed by atoms with E-state index in [1.807, 2.05) is 5.43 Å². The van der Waals surface area contributed by atoms with Gasteiger partial charge in [0.25, 0.3) is 5.91 Å². The molecule has 13 heavy (non-hydrogen) atoms. The standard InChI is InChI=1S/C7H16N2O4/c1-11-2-3-12-4-5-13-6-7(10)9-8/h2-6,8H2,1H3,(H,9,10). The van der Waals surface area contributed by atoms with Crippen LogP contribution in [0.4, 0.5) is 0 Å². The maximum absolute atomic E-state index is 10.5. The normalized spacial score (nSPS) is 10.0. The topological polar surface area (TPSA) is 82.8 Å². The van der Waals surface area contributed by atoms with Gasteiger partial charge in [-0.25, -0.2) is 5.84 Å². The molecule has 0 atom stereocenters. The quantitative estimate of drug-likeness (QED) is 0.215. The fourth-order valence-electron chi connectivity index (χ4n) is 0.569. The number of hydrogen-bond acceptors (Lipinski definition) is 5. The van der Waals surface area contributed by atoms with Gasteiger partial charge in [0.15, 0.2) is 0 Å². The Bertz CT molecular complexity index is 132. The molecule has 0 rings (SSSR count). The van der Waals surface area contributed by atoms with Crippen molar-refractivity contribution in [2.24, 2.45) is 5.84 Å². The Morgan fingerprint density at radius 2 is 1.85 bits per heavy atom. The first-order valence-electron chi connectivity index (χ1n) is 3.95. The molecule has 6 nitrogen and oxygen atoms in total. The minimum atomic E-state index is -0.350. The van der Waals surface area contributed by atoms with E-state index in [0.717, 1.165) is 0 Å². The smallest absolute Gasteiger partial charge is 0.259 e. The van der Waals surface area contributed by atoms with E-state index in [9.17, 15) is 4.79 Å². The van der Waals surface area contributed by atoms with E-state index >= 15 is 0 Å². The number of hydrazine groups is 1. The molecule has 78 valence electrons. The van der Waals surface area contributed by atoms with E-state index in [1.165, 1.54) is 0 Å². The highest BCUT2D eigenvalue weighted by molar-refractivity contribution is 5.76. The van der Waals surface area contributed by atoms with Crippen LogP contribution < -0.4 is 11.3 Å². The molecule has 1 amide bonds. The Hall–Kier alpha value is -0.690. The predicted octanol–water partition coefficient (Wildman–Crippen LogP) is -1.34. The van der Waals surface area contributed by atoms with Crippen molar-refractivity contribution in [2.45, 2.75) is 0 Å². The van der Waals surface area contributed by atoms with Gasteiger partial charge in [-0.15, -0.1) is 0 Å². The molecule has 0 aliphatic rings. The summed E-state index contributed by atoms with van der Waals surface area (Å²) in [6, 6.07) is 0. The fraction of sp³-hybridized carbons (Fsp3) is 0.857. The van der Waals surface area contributed by atoms with Gasteiger partial charge < -0.3 is 14.2 Å². The van der Waals surface area contributed by atoms with Gasteiger partial charge >= 0.3 is 0 Å². The molecule has 0 aromatic carbocycles. The summed E-state index contributed by atoms with van der Waals surface area (Å²) in [5, 5.41) is 0. The number of methoxy groups -OCH3 is 1. The van der Waals surface area contributed by atoms with Crippen molar-refractivity contribution >= 4 is 5.91 Å². The Morgan fingerprint density at radius 1 is 1.23 bits per heavy atom. The van der Waals surface area contributed by atoms with E-state index in [4.69, 9.17) is 20.1 Å². The average molecular weight is 192 g/mol. The Labute approximate surface area is 77.3 Å². The summed E-state index contributed by atoms with van der Waals surface area (Å²) in [7, 11) is 1.60. The molecule has 0 unspecified atom stereocenters. The van der Waals surface area contributed by atoms with E-state index in [0.29, 0.717) is 26.4 Å². The van der Waals surface area contributed by atoms with Crippen molar-refractivity contribution in [2.75, 3.05) is 40.1 Å². The van der Waals surface area contributed by atoms with E-state index in [2.05, 4.69) is 0 Å². The molecule has 6 heteroatoms. The maximum atomic E-state index is 10.5. The molecule has 3 N–H and O–H groups in total. The zero-order chi connectivity index (χ0) is 9.94. The van der Waals surface area contributed by atoms with Gasteiger partial charge in [-0.3, -0.25) is 10.2 Å². The van der Waals surface area contributed by atoms with Crippen LogP contribution in [0.1, 0.15) is 0 Å². The molecule has 0 saturated carbocycles. The number of rotatable bonds is 8. The monoisotopic (exact) mass is 192 g/mol. The minimum absolute atomic E-state index is 0.0376. The van der Waals surface area contributed by atoms with Crippen LogP contribution in [-0.2, 0) is 19.0 Å². The van der Waals surface area contributed by atoms with Gasteiger partial charge in [0.2, 0.25) is 0 Å². The second kappa shape index (κ2) is 9.40. The van der Waals surface area contributed by atoms with E-state index in [-0.39, 0.29) is 12.5 Å². The third-order valence-electron chi connectivity index (χ3n) is 1.20. The Balaban J connectivity index is 2.95. The molecule has 0 aliphatic carbocycles. The van der Waals surface area contributed by atoms with Gasteiger partial charge in [-0.2, -0.15) is 0 Å². The number of carbonyl (C=O) groups excluding carboxylic acids is 1. The van der Waals surface area contributed by atoms with Gasteiger partial charge in [0.1, 0.15) is 6.61 Å². The highest BCUT2D eigenvalue weighted by atomic mass is 16.5. The number of carbonyl (C=O) groups is 1. The largest absolute Gasteiger partial charge is 0.382 e. The number of ether oxygens (including phenoxy) is 3. The van der Waals surface area contributed by atoms with Crippen LogP contribution in [0.5, 0.6) is 0 Å². The molecular weight excluding hydrogens is 176 g/mol. The lowest BCUT2D eigenvalue weighted by Gasteiger charge is -2.04. The third-order valence-corrected chi connectivity index (χ3v) is 1.20. The molecule has 0 spiro atoms. The fourth-order valence-corrected chi connectivity index (χ4v) is 0.569. The second-order valence-corrected chi connectivity index (χ2v) is 2.23. The molecule has 0 heterocycles. The summed E-state index contributed by atoms with van der Waals surface area (Å²) in [4.78, 5) is 10.5. The van der Waals surface area contributed by atoms with Crippen molar-refractivity contribution in [1.82, 2.24) is 5.43 Å². The molecule has 0 aliphatic heterocycles. The summed E-state index contributed by atoms with van der Waals surface area (Å²) in [6.07, 6.45) is 0. The molecule has 0 aromatic rings. The van der Waals surface area contributed by atoms with E-state index in [1.54, 1.807) is 7.11 Å². The lowest BCUT2D eigenvalue weighted by molar-refractivity contribution is -0.126. The summed E-state index contributed by atoms with van der Waals surface area (Å²) < 4.78 is 14.7. The van der Waals surface area contributed by atoms with Crippen LogP contribution in [0.2, 0.25) is 0 Å². The van der Waals surface area contributed by atoms with Crippen molar-refractivity contribution in [3.63, 3.8) is 0 Å². The number of hydrogen-bond donors (Lipinski definition) is 2. The first-order valence-corrected chi connectivity index (χ1v) is 3.95.